The number of fused-ring (bicyclic) bond motifs is 1. The van der Waals surface area contributed by atoms with Crippen LogP contribution < -0.4 is 5.32 Å². The number of thioether (sulfide) groups is 1. The van der Waals surface area contributed by atoms with Gasteiger partial charge in [0.25, 0.3) is 0 Å². The van der Waals surface area contributed by atoms with Crippen molar-refractivity contribution in [3.05, 3.63) is 41.5 Å². The predicted octanol–water partition coefficient (Wildman–Crippen LogP) is 3.40. The largest absolute Gasteiger partial charge is 0.382 e. The van der Waals surface area contributed by atoms with Gasteiger partial charge in [-0.1, -0.05) is 6.07 Å². The summed E-state index contributed by atoms with van der Waals surface area (Å²) >= 11 is 3.71. The molecule has 0 aliphatic carbocycles. The summed E-state index contributed by atoms with van der Waals surface area (Å²) < 4.78 is 1.37. The summed E-state index contributed by atoms with van der Waals surface area (Å²) in [4.78, 5) is 4.40. The zero-order valence-corrected chi connectivity index (χ0v) is 9.65. The Balaban J connectivity index is 1.88. The van der Waals surface area contributed by atoms with Gasteiger partial charge in [0.1, 0.15) is 0 Å². The van der Waals surface area contributed by atoms with E-state index in [0.717, 1.165) is 12.2 Å². The van der Waals surface area contributed by atoms with E-state index in [9.17, 15) is 0 Å². The van der Waals surface area contributed by atoms with Crippen molar-refractivity contribution >= 4 is 28.8 Å². The first-order valence-corrected chi connectivity index (χ1v) is 6.58. The molecule has 1 N–H and O–H groups in total. The third kappa shape index (κ3) is 1.75. The summed E-state index contributed by atoms with van der Waals surface area (Å²) in [6.45, 7) is 0.964. The summed E-state index contributed by atoms with van der Waals surface area (Å²) in [6.07, 6.45) is 1.86. The molecule has 2 aromatic rings. The molecule has 0 saturated heterocycles. The molecule has 1 aliphatic heterocycles. The number of anilines is 1. The van der Waals surface area contributed by atoms with Crippen molar-refractivity contribution in [1.29, 1.82) is 0 Å². The van der Waals surface area contributed by atoms with Crippen LogP contribution in [0, 0.1) is 0 Å². The smallest absolute Gasteiger partial charge is 0.0837 e. The van der Waals surface area contributed by atoms with E-state index in [-0.39, 0.29) is 0 Å². The Morgan fingerprint density at radius 1 is 1.33 bits per heavy atom. The number of thiophene rings is 1. The van der Waals surface area contributed by atoms with Crippen molar-refractivity contribution in [2.24, 2.45) is 0 Å². The molecule has 15 heavy (non-hydrogen) atoms. The Morgan fingerprint density at radius 2 is 2.33 bits per heavy atom. The highest BCUT2D eigenvalue weighted by Gasteiger charge is 2.21. The second-order valence-electron chi connectivity index (χ2n) is 3.36. The molecular formula is C11H10N2S2. The number of nitrogens with one attached hydrogen (secondary N) is 1. The number of pyridine rings is 1. The fourth-order valence-corrected chi connectivity index (χ4v) is 3.91. The lowest BCUT2D eigenvalue weighted by molar-refractivity contribution is 0.923. The fraction of sp³-hybridized carbons (Fsp3) is 0.182. The van der Waals surface area contributed by atoms with Gasteiger partial charge in [-0.25, -0.2) is 0 Å². The van der Waals surface area contributed by atoms with Crippen molar-refractivity contribution in [3.8, 4) is 0 Å². The summed E-state index contributed by atoms with van der Waals surface area (Å²) in [5.41, 5.74) is 2.44. The van der Waals surface area contributed by atoms with Crippen LogP contribution in [-0.2, 0) is 0 Å². The summed E-state index contributed by atoms with van der Waals surface area (Å²) in [6, 6.07) is 8.24. The first-order valence-electron chi connectivity index (χ1n) is 4.82. The molecule has 0 spiro atoms. The Labute approximate surface area is 96.7 Å². The first-order chi connectivity index (χ1) is 7.43. The quantitative estimate of drug-likeness (QED) is 0.818. The van der Waals surface area contributed by atoms with Gasteiger partial charge in [-0.3, -0.25) is 4.98 Å². The predicted molar refractivity (Wildman–Crippen MR) is 65.6 cm³/mol. The van der Waals surface area contributed by atoms with E-state index in [1.54, 1.807) is 11.3 Å². The molecule has 1 unspecified atom stereocenters. The maximum absolute atomic E-state index is 4.40. The molecule has 0 radical (unpaired) electrons. The van der Waals surface area contributed by atoms with Crippen LogP contribution >= 0.6 is 23.1 Å². The Morgan fingerprint density at radius 3 is 3.20 bits per heavy atom. The van der Waals surface area contributed by atoms with Gasteiger partial charge in [0.2, 0.25) is 0 Å². The molecule has 1 atom stereocenters. The van der Waals surface area contributed by atoms with Crippen LogP contribution in [0.15, 0.2) is 40.1 Å². The van der Waals surface area contributed by atoms with Crippen LogP contribution in [0.2, 0.25) is 0 Å². The van der Waals surface area contributed by atoms with Crippen molar-refractivity contribution in [2.75, 3.05) is 11.9 Å². The van der Waals surface area contributed by atoms with Crippen molar-refractivity contribution in [2.45, 2.75) is 9.46 Å². The Kier molecular flexibility index (Phi) is 2.38. The molecule has 3 heterocycles. The zero-order chi connectivity index (χ0) is 10.1. The SMILES string of the molecule is c1ccc(C2CNc3ccsc3S2)nc1. The molecule has 0 aromatic carbocycles. The van der Waals surface area contributed by atoms with Crippen molar-refractivity contribution in [1.82, 2.24) is 4.98 Å². The Hall–Kier alpha value is -1.00. The summed E-state index contributed by atoms with van der Waals surface area (Å²) in [5.74, 6) is 0. The number of aromatic nitrogens is 1. The molecule has 2 nitrogen and oxygen atoms in total. The van der Waals surface area contributed by atoms with Gasteiger partial charge >= 0.3 is 0 Å². The minimum Gasteiger partial charge on any atom is -0.382 e. The first kappa shape index (κ1) is 9.24. The maximum atomic E-state index is 4.40. The summed E-state index contributed by atoms with van der Waals surface area (Å²) in [7, 11) is 0. The molecule has 3 rings (SSSR count). The molecule has 0 fully saturated rings. The van der Waals surface area contributed by atoms with E-state index in [4.69, 9.17) is 0 Å². The van der Waals surface area contributed by atoms with Gasteiger partial charge in [0.05, 0.1) is 20.8 Å². The number of nitrogens with zero attached hydrogens (tertiary/aromatic N) is 1. The van der Waals surface area contributed by atoms with E-state index in [1.807, 2.05) is 30.1 Å². The average molecular weight is 234 g/mol. The lowest BCUT2D eigenvalue weighted by atomic mass is 10.2. The van der Waals surface area contributed by atoms with Gasteiger partial charge in [-0.05, 0) is 23.6 Å². The van der Waals surface area contributed by atoms with E-state index < -0.39 is 0 Å². The highest BCUT2D eigenvalue weighted by atomic mass is 32.2. The van der Waals surface area contributed by atoms with Gasteiger partial charge < -0.3 is 5.32 Å². The summed E-state index contributed by atoms with van der Waals surface area (Å²) in [5, 5.41) is 6.01. The fourth-order valence-electron chi connectivity index (χ4n) is 1.62. The standard InChI is InChI=1S/C11H10N2S2/c1-2-5-12-8(3-1)10-7-13-9-4-6-14-11(9)15-10/h1-6,10,13H,7H2. The third-order valence-electron chi connectivity index (χ3n) is 2.37. The van der Waals surface area contributed by atoms with Crippen LogP contribution in [0.1, 0.15) is 10.9 Å². The molecular weight excluding hydrogens is 224 g/mol. The lowest BCUT2D eigenvalue weighted by Crippen LogP contribution is -2.14. The third-order valence-corrected chi connectivity index (χ3v) is 4.78. The van der Waals surface area contributed by atoms with Crippen LogP contribution in [-0.4, -0.2) is 11.5 Å². The number of hydrogen-bond acceptors (Lipinski definition) is 4. The minimum absolute atomic E-state index is 0.442. The zero-order valence-electron chi connectivity index (χ0n) is 8.01. The number of rotatable bonds is 1. The van der Waals surface area contributed by atoms with E-state index in [2.05, 4.69) is 27.8 Å². The van der Waals surface area contributed by atoms with E-state index in [0.29, 0.717) is 5.25 Å². The van der Waals surface area contributed by atoms with E-state index >= 15 is 0 Å². The second kappa shape index (κ2) is 3.87. The van der Waals surface area contributed by atoms with Gasteiger partial charge in [-0.15, -0.1) is 23.1 Å². The molecule has 0 amide bonds. The van der Waals surface area contributed by atoms with Crippen LogP contribution in [0.25, 0.3) is 0 Å². The van der Waals surface area contributed by atoms with E-state index in [1.165, 1.54) is 9.90 Å². The lowest BCUT2D eigenvalue weighted by Gasteiger charge is -2.22. The highest BCUT2D eigenvalue weighted by Crippen LogP contribution is 2.45. The molecule has 1 aliphatic rings. The van der Waals surface area contributed by atoms with Crippen molar-refractivity contribution < 1.29 is 0 Å². The molecule has 0 bridgehead atoms. The van der Waals surface area contributed by atoms with Gasteiger partial charge in [0, 0.05) is 12.7 Å². The molecule has 4 heteroatoms. The normalized spacial score (nSPS) is 19.3. The molecule has 0 saturated carbocycles. The average Bonchev–Trinajstić information content (AvgIpc) is 2.77. The van der Waals surface area contributed by atoms with Crippen molar-refractivity contribution in [3.63, 3.8) is 0 Å². The van der Waals surface area contributed by atoms with Gasteiger partial charge in [-0.2, -0.15) is 0 Å². The number of hydrogen-bond donors (Lipinski definition) is 1. The van der Waals surface area contributed by atoms with Crippen LogP contribution in [0.5, 0.6) is 0 Å². The monoisotopic (exact) mass is 234 g/mol. The molecule has 2 aromatic heterocycles. The minimum atomic E-state index is 0.442. The van der Waals surface area contributed by atoms with Crippen LogP contribution in [0.3, 0.4) is 0 Å². The van der Waals surface area contributed by atoms with Crippen LogP contribution in [0.4, 0.5) is 5.69 Å². The van der Waals surface area contributed by atoms with Gasteiger partial charge in [0.15, 0.2) is 0 Å². The maximum Gasteiger partial charge on any atom is 0.0837 e. The topological polar surface area (TPSA) is 24.9 Å². The second-order valence-corrected chi connectivity index (χ2v) is 5.75. The highest BCUT2D eigenvalue weighted by molar-refractivity contribution is 8.01. The Bertz CT molecular complexity index is 453. The molecule has 76 valence electrons.